The van der Waals surface area contributed by atoms with Crippen molar-refractivity contribution in [2.75, 3.05) is 17.7 Å². The standard InChI is InChI=1S/C12H18ClN3/c13-8-10-4-1-2-5-11(10)9-16-12-14-6-3-7-15-12/h3,6-7,10-11H,1-2,4-5,8-9H2,(H,14,15,16). The third-order valence-electron chi connectivity index (χ3n) is 3.35. The highest BCUT2D eigenvalue weighted by molar-refractivity contribution is 6.18. The highest BCUT2D eigenvalue weighted by Crippen LogP contribution is 2.30. The molecule has 0 aliphatic heterocycles. The minimum Gasteiger partial charge on any atom is -0.354 e. The van der Waals surface area contributed by atoms with Crippen LogP contribution in [0.2, 0.25) is 0 Å². The zero-order valence-corrected chi connectivity index (χ0v) is 10.2. The van der Waals surface area contributed by atoms with Gasteiger partial charge < -0.3 is 5.32 Å². The molecule has 2 rings (SSSR count). The maximum atomic E-state index is 6.00. The van der Waals surface area contributed by atoms with Crippen LogP contribution in [0.25, 0.3) is 0 Å². The summed E-state index contributed by atoms with van der Waals surface area (Å²) < 4.78 is 0. The molecule has 0 aromatic carbocycles. The fourth-order valence-corrected chi connectivity index (χ4v) is 2.78. The van der Waals surface area contributed by atoms with Gasteiger partial charge >= 0.3 is 0 Å². The van der Waals surface area contributed by atoms with Crippen LogP contribution in [0.3, 0.4) is 0 Å². The number of nitrogens with one attached hydrogen (secondary N) is 1. The highest BCUT2D eigenvalue weighted by atomic mass is 35.5. The van der Waals surface area contributed by atoms with Crippen molar-refractivity contribution in [2.45, 2.75) is 25.7 Å². The van der Waals surface area contributed by atoms with E-state index in [1.165, 1.54) is 25.7 Å². The summed E-state index contributed by atoms with van der Waals surface area (Å²) in [5.74, 6) is 2.84. The Balaban J connectivity index is 1.84. The van der Waals surface area contributed by atoms with Gasteiger partial charge in [0.2, 0.25) is 5.95 Å². The molecule has 4 heteroatoms. The van der Waals surface area contributed by atoms with Gasteiger partial charge in [-0.15, -0.1) is 11.6 Å². The summed E-state index contributed by atoms with van der Waals surface area (Å²) in [6, 6.07) is 1.83. The van der Waals surface area contributed by atoms with Crippen LogP contribution in [0.15, 0.2) is 18.5 Å². The minimum absolute atomic E-state index is 0.659. The van der Waals surface area contributed by atoms with Crippen molar-refractivity contribution < 1.29 is 0 Å². The minimum atomic E-state index is 0.659. The van der Waals surface area contributed by atoms with Crippen molar-refractivity contribution in [3.63, 3.8) is 0 Å². The fraction of sp³-hybridized carbons (Fsp3) is 0.667. The summed E-state index contributed by atoms with van der Waals surface area (Å²) in [6.07, 6.45) is 8.72. The van der Waals surface area contributed by atoms with Gasteiger partial charge in [0.1, 0.15) is 0 Å². The Kier molecular flexibility index (Phi) is 4.40. The molecule has 2 atom stereocenters. The first kappa shape index (κ1) is 11.6. The summed E-state index contributed by atoms with van der Waals surface area (Å²) in [5.41, 5.74) is 0. The number of hydrogen-bond acceptors (Lipinski definition) is 3. The first-order chi connectivity index (χ1) is 7.90. The number of nitrogens with zero attached hydrogens (tertiary/aromatic N) is 2. The van der Waals surface area contributed by atoms with Gasteiger partial charge in [-0.05, 0) is 30.7 Å². The van der Waals surface area contributed by atoms with Gasteiger partial charge in [0.05, 0.1) is 0 Å². The number of aromatic nitrogens is 2. The molecular weight excluding hydrogens is 222 g/mol. The lowest BCUT2D eigenvalue weighted by molar-refractivity contribution is 0.271. The molecule has 0 bridgehead atoms. The van der Waals surface area contributed by atoms with Crippen molar-refractivity contribution in [2.24, 2.45) is 11.8 Å². The normalized spacial score (nSPS) is 25.3. The molecule has 3 nitrogen and oxygen atoms in total. The van der Waals surface area contributed by atoms with Crippen molar-refractivity contribution >= 4 is 17.5 Å². The number of anilines is 1. The van der Waals surface area contributed by atoms with Crippen molar-refractivity contribution in [1.29, 1.82) is 0 Å². The van der Waals surface area contributed by atoms with Crippen LogP contribution >= 0.6 is 11.6 Å². The third-order valence-corrected chi connectivity index (χ3v) is 3.75. The first-order valence-electron chi connectivity index (χ1n) is 5.97. The largest absolute Gasteiger partial charge is 0.354 e. The van der Waals surface area contributed by atoms with Crippen LogP contribution in [0.1, 0.15) is 25.7 Å². The van der Waals surface area contributed by atoms with Crippen molar-refractivity contribution in [3.05, 3.63) is 18.5 Å². The predicted molar refractivity (Wildman–Crippen MR) is 66.7 cm³/mol. The molecule has 1 aromatic heterocycles. The fourth-order valence-electron chi connectivity index (χ4n) is 2.37. The second kappa shape index (κ2) is 6.04. The summed E-state index contributed by atoms with van der Waals surface area (Å²) in [6.45, 7) is 0.946. The number of alkyl halides is 1. The van der Waals surface area contributed by atoms with Gasteiger partial charge in [0, 0.05) is 24.8 Å². The van der Waals surface area contributed by atoms with Gasteiger partial charge in [-0.2, -0.15) is 0 Å². The molecule has 0 saturated heterocycles. The van der Waals surface area contributed by atoms with Crippen LogP contribution < -0.4 is 5.32 Å². The van der Waals surface area contributed by atoms with Crippen molar-refractivity contribution in [3.8, 4) is 0 Å². The maximum Gasteiger partial charge on any atom is 0.222 e. The zero-order valence-electron chi connectivity index (χ0n) is 9.40. The quantitative estimate of drug-likeness (QED) is 0.821. The summed E-state index contributed by atoms with van der Waals surface area (Å²) in [4.78, 5) is 8.32. The molecule has 88 valence electrons. The molecule has 1 aliphatic rings. The van der Waals surface area contributed by atoms with E-state index in [9.17, 15) is 0 Å². The zero-order chi connectivity index (χ0) is 11.2. The van der Waals surface area contributed by atoms with Gasteiger partial charge in [0.25, 0.3) is 0 Å². The summed E-state index contributed by atoms with van der Waals surface area (Å²) in [7, 11) is 0. The van der Waals surface area contributed by atoms with E-state index < -0.39 is 0 Å². The van der Waals surface area contributed by atoms with Crippen molar-refractivity contribution in [1.82, 2.24) is 9.97 Å². The van der Waals surface area contributed by atoms with E-state index >= 15 is 0 Å². The molecule has 16 heavy (non-hydrogen) atoms. The highest BCUT2D eigenvalue weighted by Gasteiger charge is 2.24. The van der Waals surface area contributed by atoms with Crippen LogP contribution in [0.4, 0.5) is 5.95 Å². The van der Waals surface area contributed by atoms with E-state index in [0.29, 0.717) is 11.8 Å². The first-order valence-corrected chi connectivity index (χ1v) is 6.50. The number of hydrogen-bond donors (Lipinski definition) is 1. The lowest BCUT2D eigenvalue weighted by Crippen LogP contribution is -2.27. The Morgan fingerprint density at radius 1 is 1.19 bits per heavy atom. The molecular formula is C12H18ClN3. The Morgan fingerprint density at radius 2 is 1.88 bits per heavy atom. The number of halogens is 1. The van der Waals surface area contributed by atoms with Crippen LogP contribution in [0.5, 0.6) is 0 Å². The molecule has 1 heterocycles. The second-order valence-electron chi connectivity index (χ2n) is 4.41. The summed E-state index contributed by atoms with van der Waals surface area (Å²) in [5, 5.41) is 3.30. The van der Waals surface area contributed by atoms with E-state index in [1.807, 2.05) is 6.07 Å². The van der Waals surface area contributed by atoms with Gasteiger partial charge in [-0.25, -0.2) is 9.97 Å². The molecule has 2 unspecified atom stereocenters. The molecule has 1 aliphatic carbocycles. The van der Waals surface area contributed by atoms with Gasteiger partial charge in [-0.3, -0.25) is 0 Å². The molecule has 1 saturated carbocycles. The molecule has 0 amide bonds. The van der Waals surface area contributed by atoms with E-state index in [0.717, 1.165) is 18.4 Å². The average Bonchev–Trinajstić information content (AvgIpc) is 2.38. The lowest BCUT2D eigenvalue weighted by Gasteiger charge is -2.30. The van der Waals surface area contributed by atoms with E-state index in [-0.39, 0.29) is 0 Å². The Hall–Kier alpha value is -0.830. The van der Waals surface area contributed by atoms with Gasteiger partial charge in [-0.1, -0.05) is 12.8 Å². The average molecular weight is 240 g/mol. The van der Waals surface area contributed by atoms with Crippen LogP contribution in [-0.2, 0) is 0 Å². The topological polar surface area (TPSA) is 37.8 Å². The molecule has 0 radical (unpaired) electrons. The second-order valence-corrected chi connectivity index (χ2v) is 4.72. The third kappa shape index (κ3) is 3.08. The maximum absolute atomic E-state index is 6.00. The SMILES string of the molecule is ClCC1CCCCC1CNc1ncccn1. The van der Waals surface area contributed by atoms with E-state index in [1.54, 1.807) is 12.4 Å². The summed E-state index contributed by atoms with van der Waals surface area (Å²) >= 11 is 6.00. The monoisotopic (exact) mass is 239 g/mol. The van der Waals surface area contributed by atoms with Crippen LogP contribution in [-0.4, -0.2) is 22.4 Å². The smallest absolute Gasteiger partial charge is 0.222 e. The van der Waals surface area contributed by atoms with E-state index in [2.05, 4.69) is 15.3 Å². The Morgan fingerprint density at radius 3 is 2.56 bits per heavy atom. The molecule has 1 aromatic rings. The molecule has 0 spiro atoms. The van der Waals surface area contributed by atoms with Gasteiger partial charge in [0.15, 0.2) is 0 Å². The predicted octanol–water partition coefficient (Wildman–Crippen LogP) is 2.93. The Labute approximate surface area is 102 Å². The Bertz CT molecular complexity index is 304. The lowest BCUT2D eigenvalue weighted by atomic mass is 9.80. The van der Waals surface area contributed by atoms with Crippen LogP contribution in [0, 0.1) is 11.8 Å². The number of rotatable bonds is 4. The molecule has 1 fully saturated rings. The molecule has 1 N–H and O–H groups in total. The van der Waals surface area contributed by atoms with E-state index in [4.69, 9.17) is 11.6 Å².